The van der Waals surface area contributed by atoms with Crippen LogP contribution >= 0.6 is 25.3 Å². The fraction of sp³-hybridized carbons (Fsp3) is 0.667. The number of hydrogen-bond acceptors (Lipinski definition) is 4. The number of carbonyl (C=O) groups excluding carboxylic acids is 3. The third kappa shape index (κ3) is 60.4. The van der Waals surface area contributed by atoms with Gasteiger partial charge in [-0.2, -0.15) is 0 Å². The molecular formula is C9H21N3O4S2. The summed E-state index contributed by atoms with van der Waals surface area (Å²) in [5.41, 5.74) is 8.28. The van der Waals surface area contributed by atoms with E-state index in [0.717, 1.165) is 0 Å². The Morgan fingerprint density at radius 3 is 1.56 bits per heavy atom. The van der Waals surface area contributed by atoms with Crippen LogP contribution in [0.4, 0.5) is 14.4 Å². The van der Waals surface area contributed by atoms with Gasteiger partial charge in [0.25, 0.3) is 10.5 Å². The van der Waals surface area contributed by atoms with Gasteiger partial charge in [-0.25, -0.2) is 4.79 Å². The van der Waals surface area contributed by atoms with Crippen LogP contribution in [-0.4, -0.2) is 28.7 Å². The highest BCUT2D eigenvalue weighted by Gasteiger charge is 2.14. The van der Waals surface area contributed by atoms with Gasteiger partial charge in [0, 0.05) is 6.54 Å². The van der Waals surface area contributed by atoms with Crippen LogP contribution in [0, 0.1) is 0 Å². The van der Waals surface area contributed by atoms with Crippen molar-refractivity contribution in [2.45, 2.75) is 33.3 Å². The molecule has 0 aliphatic rings. The molecule has 3 amide bonds. The summed E-state index contributed by atoms with van der Waals surface area (Å²) < 4.78 is 4.93. The first-order valence-electron chi connectivity index (χ1n) is 4.86. The number of nitrogens with one attached hydrogen (secondary N) is 1. The molecule has 0 heterocycles. The smallest absolute Gasteiger partial charge is 0.407 e. The van der Waals surface area contributed by atoms with E-state index in [1.165, 1.54) is 0 Å². The normalized spacial score (nSPS) is 8.78. The number of alkyl carbamates (subject to hydrolysis) is 1. The van der Waals surface area contributed by atoms with Crippen LogP contribution in [0.1, 0.15) is 27.7 Å². The summed E-state index contributed by atoms with van der Waals surface area (Å²) in [6.07, 6.45) is -0.352. The van der Waals surface area contributed by atoms with Crippen molar-refractivity contribution in [1.29, 1.82) is 0 Å². The van der Waals surface area contributed by atoms with Crippen molar-refractivity contribution in [3.05, 3.63) is 0 Å². The lowest BCUT2D eigenvalue weighted by atomic mass is 10.2. The van der Waals surface area contributed by atoms with Crippen LogP contribution in [0.2, 0.25) is 0 Å². The third-order valence-electron chi connectivity index (χ3n) is 0.720. The quantitative estimate of drug-likeness (QED) is 0.471. The Hall–Kier alpha value is -1.09. The van der Waals surface area contributed by atoms with Crippen LogP contribution in [0.25, 0.3) is 0 Å². The maximum absolute atomic E-state index is 10.7. The van der Waals surface area contributed by atoms with Crippen LogP contribution in [0.3, 0.4) is 0 Å². The first-order chi connectivity index (χ1) is 7.92. The number of primary amides is 2. The molecule has 0 spiro atoms. The monoisotopic (exact) mass is 299 g/mol. The second-order valence-corrected chi connectivity index (χ2v) is 4.59. The van der Waals surface area contributed by atoms with Gasteiger partial charge in [0.1, 0.15) is 5.60 Å². The van der Waals surface area contributed by atoms with Crippen LogP contribution < -0.4 is 16.8 Å². The largest absolute Gasteiger partial charge is 0.444 e. The van der Waals surface area contributed by atoms with E-state index in [-0.39, 0.29) is 11.7 Å². The number of amides is 3. The summed E-state index contributed by atoms with van der Waals surface area (Å²) in [6, 6.07) is 0. The summed E-state index contributed by atoms with van der Waals surface area (Å²) in [5, 5.41) is 1.26. The van der Waals surface area contributed by atoms with Gasteiger partial charge in [-0.1, -0.05) is 25.3 Å². The van der Waals surface area contributed by atoms with Gasteiger partial charge >= 0.3 is 6.09 Å². The van der Waals surface area contributed by atoms with E-state index in [4.69, 9.17) is 14.3 Å². The Bertz CT molecular complexity index is 247. The first kappa shape index (κ1) is 22.1. The molecule has 0 aromatic rings. The number of carbonyl (C=O) groups is 3. The minimum Gasteiger partial charge on any atom is -0.444 e. The Labute approximate surface area is 118 Å². The molecule has 0 atom stereocenters. The van der Waals surface area contributed by atoms with E-state index in [0.29, 0.717) is 6.54 Å². The molecule has 0 bridgehead atoms. The highest BCUT2D eigenvalue weighted by Crippen LogP contribution is 2.05. The second-order valence-electron chi connectivity index (χ2n) is 3.71. The van der Waals surface area contributed by atoms with E-state index >= 15 is 0 Å². The molecule has 0 aliphatic carbocycles. The predicted molar refractivity (Wildman–Crippen MR) is 77.0 cm³/mol. The Balaban J connectivity index is -0.000000233. The van der Waals surface area contributed by atoms with Crippen molar-refractivity contribution >= 4 is 41.8 Å². The van der Waals surface area contributed by atoms with Gasteiger partial charge in [-0.15, -0.1) is 0 Å². The van der Waals surface area contributed by atoms with Crippen molar-refractivity contribution in [3.63, 3.8) is 0 Å². The zero-order valence-electron chi connectivity index (χ0n) is 10.9. The maximum atomic E-state index is 10.7. The second kappa shape index (κ2) is 12.4. The third-order valence-corrected chi connectivity index (χ3v) is 0.720. The lowest BCUT2D eigenvalue weighted by molar-refractivity contribution is 0.0531. The van der Waals surface area contributed by atoms with Crippen LogP contribution in [-0.2, 0) is 4.74 Å². The fourth-order valence-corrected chi connectivity index (χ4v) is 0.459. The van der Waals surface area contributed by atoms with Gasteiger partial charge in [0.05, 0.1) is 0 Å². The Morgan fingerprint density at radius 1 is 1.11 bits per heavy atom. The molecule has 0 aliphatic heterocycles. The number of thiol groups is 2. The molecule has 5 N–H and O–H groups in total. The lowest BCUT2D eigenvalue weighted by Crippen LogP contribution is -2.32. The zero-order valence-corrected chi connectivity index (χ0v) is 12.7. The maximum Gasteiger partial charge on any atom is 0.407 e. The molecule has 0 aromatic carbocycles. The topological polar surface area (TPSA) is 125 Å². The van der Waals surface area contributed by atoms with Gasteiger partial charge in [0.2, 0.25) is 0 Å². The van der Waals surface area contributed by atoms with E-state index < -0.39 is 10.5 Å². The van der Waals surface area contributed by atoms with E-state index in [1.54, 1.807) is 0 Å². The SMILES string of the molecule is CCNC(=O)OC(C)(C)C.NC(=O)S.NC(=O)S. The summed E-state index contributed by atoms with van der Waals surface area (Å²) >= 11 is 6.21. The van der Waals surface area contributed by atoms with E-state index in [2.05, 4.69) is 42.0 Å². The summed E-state index contributed by atoms with van der Waals surface area (Å²) in [7, 11) is 0. The molecule has 9 heteroatoms. The summed E-state index contributed by atoms with van der Waals surface area (Å²) in [5.74, 6) is 0. The van der Waals surface area contributed by atoms with Crippen molar-refractivity contribution in [3.8, 4) is 0 Å². The lowest BCUT2D eigenvalue weighted by Gasteiger charge is -2.19. The Kier molecular flexibility index (Phi) is 15.2. The standard InChI is InChI=1S/C7H15NO2.2CH3NOS/c1-5-8-6(9)10-7(2,3)4;2*2-1(3)4/h5H2,1-4H3,(H,8,9);2*(H3,2,3,4). The number of rotatable bonds is 1. The molecule has 0 unspecified atom stereocenters. The van der Waals surface area contributed by atoms with Crippen molar-refractivity contribution in [1.82, 2.24) is 5.32 Å². The highest BCUT2D eigenvalue weighted by atomic mass is 32.1. The molecule has 0 radical (unpaired) electrons. The van der Waals surface area contributed by atoms with Crippen LogP contribution in [0.15, 0.2) is 0 Å². The first-order valence-corrected chi connectivity index (χ1v) is 5.75. The minimum atomic E-state index is -0.639. The average molecular weight is 299 g/mol. The predicted octanol–water partition coefficient (Wildman–Crippen LogP) is 1.52. The molecule has 108 valence electrons. The molecule has 0 fully saturated rings. The Morgan fingerprint density at radius 2 is 1.39 bits per heavy atom. The molecule has 7 nitrogen and oxygen atoms in total. The fourth-order valence-electron chi connectivity index (χ4n) is 0.459. The minimum absolute atomic E-state index is 0.352. The van der Waals surface area contributed by atoms with Crippen LogP contribution in [0.5, 0.6) is 0 Å². The number of hydrogen-bond donors (Lipinski definition) is 5. The molecule has 0 saturated carbocycles. The number of ether oxygens (including phenoxy) is 1. The van der Waals surface area contributed by atoms with E-state index in [9.17, 15) is 4.79 Å². The van der Waals surface area contributed by atoms with E-state index in [1.807, 2.05) is 27.7 Å². The zero-order chi connectivity index (χ0) is 15.4. The van der Waals surface area contributed by atoms with Crippen molar-refractivity contribution in [2.24, 2.45) is 11.5 Å². The van der Waals surface area contributed by atoms with Gasteiger partial charge in [-0.3, -0.25) is 9.59 Å². The molecular weight excluding hydrogens is 278 g/mol. The molecule has 0 aromatic heterocycles. The summed E-state index contributed by atoms with van der Waals surface area (Å²) in [6.45, 7) is 7.96. The molecule has 18 heavy (non-hydrogen) atoms. The van der Waals surface area contributed by atoms with Gasteiger partial charge < -0.3 is 21.5 Å². The number of nitrogens with two attached hydrogens (primary N) is 2. The molecule has 0 saturated heterocycles. The molecule has 0 rings (SSSR count). The summed E-state index contributed by atoms with van der Waals surface area (Å²) in [4.78, 5) is 28.9. The van der Waals surface area contributed by atoms with Gasteiger partial charge in [-0.05, 0) is 27.7 Å². The highest BCUT2D eigenvalue weighted by molar-refractivity contribution is 7.96. The van der Waals surface area contributed by atoms with Crippen molar-refractivity contribution in [2.75, 3.05) is 6.54 Å². The van der Waals surface area contributed by atoms with Crippen molar-refractivity contribution < 1.29 is 19.1 Å². The van der Waals surface area contributed by atoms with Gasteiger partial charge in [0.15, 0.2) is 0 Å². The average Bonchev–Trinajstić information content (AvgIpc) is 1.96.